The predicted octanol–water partition coefficient (Wildman–Crippen LogP) is 2.50. The topological polar surface area (TPSA) is 41.9 Å². The lowest BCUT2D eigenvalue weighted by Crippen LogP contribution is -2.23. The summed E-state index contributed by atoms with van der Waals surface area (Å²) in [5.41, 5.74) is 0.959. The number of rotatable bonds is 6. The Kier molecular flexibility index (Phi) is 5.28. The highest BCUT2D eigenvalue weighted by molar-refractivity contribution is 5.50. The van der Waals surface area contributed by atoms with Gasteiger partial charge in [-0.1, -0.05) is 13.8 Å². The number of benzene rings is 1. The van der Waals surface area contributed by atoms with Crippen LogP contribution in [-0.4, -0.2) is 37.8 Å². The second-order valence-corrected chi connectivity index (χ2v) is 4.92. The van der Waals surface area contributed by atoms with E-state index in [0.29, 0.717) is 17.4 Å². The van der Waals surface area contributed by atoms with Gasteiger partial charge in [0.1, 0.15) is 17.2 Å². The first-order chi connectivity index (χ1) is 8.47. The Morgan fingerprint density at radius 1 is 1.17 bits per heavy atom. The van der Waals surface area contributed by atoms with Gasteiger partial charge in [-0.05, 0) is 13.0 Å². The van der Waals surface area contributed by atoms with E-state index in [1.807, 2.05) is 0 Å². The van der Waals surface area contributed by atoms with Crippen LogP contribution >= 0.6 is 0 Å². The highest BCUT2D eigenvalue weighted by atomic mass is 16.5. The molecule has 0 spiro atoms. The van der Waals surface area contributed by atoms with Gasteiger partial charge >= 0.3 is 0 Å². The predicted molar refractivity (Wildman–Crippen MR) is 72.4 cm³/mol. The highest BCUT2D eigenvalue weighted by Gasteiger charge is 2.14. The molecule has 4 nitrogen and oxygen atoms in total. The molecule has 0 radical (unpaired) electrons. The molecule has 0 aliphatic heterocycles. The summed E-state index contributed by atoms with van der Waals surface area (Å²) in [4.78, 5) is 2.21. The summed E-state index contributed by atoms with van der Waals surface area (Å²) in [6.45, 7) is 6.08. The molecule has 0 fully saturated rings. The Labute approximate surface area is 109 Å². The third kappa shape index (κ3) is 3.81. The third-order valence-electron chi connectivity index (χ3n) is 2.70. The molecule has 1 aromatic rings. The van der Waals surface area contributed by atoms with Gasteiger partial charge in [0.25, 0.3) is 0 Å². The Morgan fingerprint density at radius 3 is 2.06 bits per heavy atom. The Hall–Kier alpha value is -1.42. The average molecular weight is 253 g/mol. The van der Waals surface area contributed by atoms with Crippen molar-refractivity contribution < 1.29 is 14.6 Å². The normalized spacial score (nSPS) is 11.1. The highest BCUT2D eigenvalue weighted by Crippen LogP contribution is 2.34. The number of hydrogen-bond acceptors (Lipinski definition) is 4. The summed E-state index contributed by atoms with van der Waals surface area (Å²) in [6, 6.07) is 3.22. The number of methoxy groups -OCH3 is 2. The second-order valence-electron chi connectivity index (χ2n) is 4.92. The first kappa shape index (κ1) is 14.6. The van der Waals surface area contributed by atoms with E-state index in [-0.39, 0.29) is 5.75 Å². The van der Waals surface area contributed by atoms with E-state index in [0.717, 1.165) is 18.7 Å². The number of nitrogens with zero attached hydrogens (tertiary/aromatic N) is 1. The van der Waals surface area contributed by atoms with Gasteiger partial charge in [-0.3, -0.25) is 0 Å². The van der Waals surface area contributed by atoms with Gasteiger partial charge in [0, 0.05) is 25.2 Å². The zero-order valence-electron chi connectivity index (χ0n) is 11.9. The van der Waals surface area contributed by atoms with Crippen molar-refractivity contribution in [3.05, 3.63) is 17.7 Å². The van der Waals surface area contributed by atoms with E-state index in [9.17, 15) is 5.11 Å². The van der Waals surface area contributed by atoms with E-state index in [1.54, 1.807) is 26.4 Å². The number of aromatic hydroxyl groups is 1. The number of phenols is 1. The van der Waals surface area contributed by atoms with Crippen LogP contribution in [0.5, 0.6) is 17.2 Å². The van der Waals surface area contributed by atoms with Gasteiger partial charge in [0.15, 0.2) is 0 Å². The molecule has 0 unspecified atom stereocenters. The van der Waals surface area contributed by atoms with Crippen molar-refractivity contribution >= 4 is 0 Å². The van der Waals surface area contributed by atoms with Gasteiger partial charge in [0.05, 0.1) is 19.8 Å². The number of phenolic OH excluding ortho intramolecular Hbond substituents is 1. The van der Waals surface area contributed by atoms with Gasteiger partial charge in [-0.2, -0.15) is 0 Å². The summed E-state index contributed by atoms with van der Waals surface area (Å²) < 4.78 is 10.6. The van der Waals surface area contributed by atoms with Crippen molar-refractivity contribution in [2.45, 2.75) is 20.4 Å². The molecule has 1 rings (SSSR count). The van der Waals surface area contributed by atoms with Crippen LogP contribution < -0.4 is 9.47 Å². The molecule has 102 valence electrons. The molecule has 0 aliphatic rings. The fraction of sp³-hybridized carbons (Fsp3) is 0.571. The van der Waals surface area contributed by atoms with Crippen molar-refractivity contribution in [1.82, 2.24) is 4.90 Å². The molecular formula is C14H23NO3. The zero-order chi connectivity index (χ0) is 13.7. The molecular weight excluding hydrogens is 230 g/mol. The molecule has 0 amide bonds. The van der Waals surface area contributed by atoms with Crippen molar-refractivity contribution in [3.63, 3.8) is 0 Å². The van der Waals surface area contributed by atoms with Crippen LogP contribution in [0, 0.1) is 5.92 Å². The van der Waals surface area contributed by atoms with Crippen LogP contribution in [0.25, 0.3) is 0 Å². The van der Waals surface area contributed by atoms with Gasteiger partial charge in [0.2, 0.25) is 0 Å². The summed E-state index contributed by atoms with van der Waals surface area (Å²) in [5, 5.41) is 9.59. The Balaban J connectivity index is 2.98. The monoisotopic (exact) mass is 253 g/mol. The molecule has 0 aliphatic carbocycles. The summed E-state index contributed by atoms with van der Waals surface area (Å²) in [6.07, 6.45) is 0. The van der Waals surface area contributed by atoms with Crippen LogP contribution in [0.1, 0.15) is 19.4 Å². The molecule has 0 heterocycles. The van der Waals surface area contributed by atoms with E-state index in [1.165, 1.54) is 0 Å². The van der Waals surface area contributed by atoms with E-state index < -0.39 is 0 Å². The molecule has 0 aromatic heterocycles. The summed E-state index contributed by atoms with van der Waals surface area (Å²) in [5.74, 6) is 2.06. The molecule has 18 heavy (non-hydrogen) atoms. The fourth-order valence-electron chi connectivity index (χ4n) is 2.08. The van der Waals surface area contributed by atoms with Gasteiger partial charge in [-0.15, -0.1) is 0 Å². The maximum Gasteiger partial charge on any atom is 0.130 e. The zero-order valence-corrected chi connectivity index (χ0v) is 11.9. The molecule has 0 saturated heterocycles. The minimum absolute atomic E-state index is 0.152. The summed E-state index contributed by atoms with van der Waals surface area (Å²) in [7, 11) is 5.26. The Bertz CT molecular complexity index is 366. The largest absolute Gasteiger partial charge is 0.508 e. The van der Waals surface area contributed by atoms with Gasteiger partial charge in [-0.25, -0.2) is 0 Å². The smallest absolute Gasteiger partial charge is 0.130 e. The number of ether oxygens (including phenoxy) is 2. The minimum Gasteiger partial charge on any atom is -0.508 e. The maximum absolute atomic E-state index is 9.59. The van der Waals surface area contributed by atoms with Crippen LogP contribution in [0.2, 0.25) is 0 Å². The quantitative estimate of drug-likeness (QED) is 0.845. The molecule has 1 N–H and O–H groups in total. The van der Waals surface area contributed by atoms with Gasteiger partial charge < -0.3 is 19.5 Å². The standard InChI is InChI=1S/C14H23NO3/c1-10(2)8-15(3)9-12-13(17-4)6-11(16)7-14(12)18-5/h6-7,10,16H,8-9H2,1-5H3. The molecule has 4 heteroatoms. The lowest BCUT2D eigenvalue weighted by Gasteiger charge is -2.22. The SMILES string of the molecule is COc1cc(O)cc(OC)c1CN(C)CC(C)C. The maximum atomic E-state index is 9.59. The fourth-order valence-corrected chi connectivity index (χ4v) is 2.08. The number of hydrogen-bond donors (Lipinski definition) is 1. The van der Waals surface area contributed by atoms with Crippen LogP contribution in [0.3, 0.4) is 0 Å². The second kappa shape index (κ2) is 6.50. The van der Waals surface area contributed by atoms with E-state index >= 15 is 0 Å². The lowest BCUT2D eigenvalue weighted by atomic mass is 10.1. The van der Waals surface area contributed by atoms with Crippen LogP contribution in [0.15, 0.2) is 12.1 Å². The average Bonchev–Trinajstić information content (AvgIpc) is 2.29. The first-order valence-electron chi connectivity index (χ1n) is 6.10. The molecule has 0 atom stereocenters. The summed E-state index contributed by atoms with van der Waals surface area (Å²) >= 11 is 0. The van der Waals surface area contributed by atoms with Crippen LogP contribution in [-0.2, 0) is 6.54 Å². The van der Waals surface area contributed by atoms with Crippen molar-refractivity contribution in [2.24, 2.45) is 5.92 Å². The van der Waals surface area contributed by atoms with Crippen molar-refractivity contribution in [1.29, 1.82) is 0 Å². The Morgan fingerprint density at radius 2 is 1.67 bits per heavy atom. The third-order valence-corrected chi connectivity index (χ3v) is 2.70. The first-order valence-corrected chi connectivity index (χ1v) is 6.10. The van der Waals surface area contributed by atoms with Crippen LogP contribution in [0.4, 0.5) is 0 Å². The van der Waals surface area contributed by atoms with E-state index in [2.05, 4.69) is 25.8 Å². The molecule has 0 bridgehead atoms. The molecule has 1 aromatic carbocycles. The lowest BCUT2D eigenvalue weighted by molar-refractivity contribution is 0.276. The minimum atomic E-state index is 0.152. The van der Waals surface area contributed by atoms with Crippen molar-refractivity contribution in [2.75, 3.05) is 27.8 Å². The molecule has 0 saturated carbocycles. The van der Waals surface area contributed by atoms with E-state index in [4.69, 9.17) is 9.47 Å². The van der Waals surface area contributed by atoms with Crippen molar-refractivity contribution in [3.8, 4) is 17.2 Å².